The summed E-state index contributed by atoms with van der Waals surface area (Å²) in [6, 6.07) is 1.97. The summed E-state index contributed by atoms with van der Waals surface area (Å²) in [6.45, 7) is 1.67. The Morgan fingerprint density at radius 2 is 2.13 bits per heavy atom. The molecule has 2 aromatic rings. The lowest BCUT2D eigenvalue weighted by molar-refractivity contribution is -0.136. The summed E-state index contributed by atoms with van der Waals surface area (Å²) in [5, 5.41) is 4.35. The van der Waals surface area contributed by atoms with Crippen molar-refractivity contribution in [2.24, 2.45) is 0 Å². The molecule has 0 bridgehead atoms. The predicted octanol–water partition coefficient (Wildman–Crippen LogP) is 1.15. The molecule has 0 spiro atoms. The van der Waals surface area contributed by atoms with Gasteiger partial charge in [-0.3, -0.25) is 4.79 Å². The second kappa shape index (κ2) is 6.54. The summed E-state index contributed by atoms with van der Waals surface area (Å²) in [7, 11) is 5.53. The van der Waals surface area contributed by atoms with Gasteiger partial charge in [-0.1, -0.05) is 0 Å². The van der Waals surface area contributed by atoms with Gasteiger partial charge in [0.05, 0.1) is 18.1 Å². The summed E-state index contributed by atoms with van der Waals surface area (Å²) < 4.78 is 6.82. The molecule has 124 valence electrons. The first kappa shape index (κ1) is 15.7. The Kier molecular flexibility index (Phi) is 4.47. The van der Waals surface area contributed by atoms with E-state index in [0.29, 0.717) is 5.92 Å². The Balaban J connectivity index is 1.78. The largest absolute Gasteiger partial charge is 0.375 e. The third-order valence-electron chi connectivity index (χ3n) is 4.35. The van der Waals surface area contributed by atoms with E-state index in [-0.39, 0.29) is 12.5 Å². The molecule has 2 aromatic heterocycles. The number of carbonyl (C=O) groups excluding carboxylic acids is 1. The number of aromatic nitrogens is 3. The van der Waals surface area contributed by atoms with Crippen molar-refractivity contribution in [2.45, 2.75) is 18.8 Å². The zero-order chi connectivity index (χ0) is 16.4. The van der Waals surface area contributed by atoms with Crippen LogP contribution >= 0.6 is 0 Å². The van der Waals surface area contributed by atoms with Crippen LogP contribution in [0.3, 0.4) is 0 Å². The molecule has 23 heavy (non-hydrogen) atoms. The number of hydrogen-bond donors (Lipinski definition) is 0. The lowest BCUT2D eigenvalue weighted by atomic mass is 9.93. The summed E-state index contributed by atoms with van der Waals surface area (Å²) in [5.74, 6) is 1.35. The van der Waals surface area contributed by atoms with E-state index in [1.807, 2.05) is 40.7 Å². The molecule has 0 atom stereocenters. The average molecular weight is 317 g/mol. The van der Waals surface area contributed by atoms with Crippen molar-refractivity contribution in [1.29, 1.82) is 0 Å². The van der Waals surface area contributed by atoms with Gasteiger partial charge in [0, 0.05) is 40.2 Å². The summed E-state index contributed by atoms with van der Waals surface area (Å²) in [4.78, 5) is 20.6. The SMILES string of the molecule is COCC(=O)N1CCC(c2cn3nccc3c(N(C)C)n2)CC1. The van der Waals surface area contributed by atoms with Crippen LogP contribution in [-0.4, -0.2) is 66.3 Å². The summed E-state index contributed by atoms with van der Waals surface area (Å²) in [6.07, 6.45) is 5.64. The van der Waals surface area contributed by atoms with Gasteiger partial charge < -0.3 is 14.5 Å². The van der Waals surface area contributed by atoms with Crippen molar-refractivity contribution < 1.29 is 9.53 Å². The molecule has 7 heteroatoms. The zero-order valence-electron chi connectivity index (χ0n) is 13.9. The highest BCUT2D eigenvalue weighted by molar-refractivity contribution is 5.77. The van der Waals surface area contributed by atoms with Gasteiger partial charge in [0.1, 0.15) is 12.1 Å². The smallest absolute Gasteiger partial charge is 0.248 e. The molecule has 0 radical (unpaired) electrons. The monoisotopic (exact) mass is 317 g/mol. The molecule has 1 fully saturated rings. The fraction of sp³-hybridized carbons (Fsp3) is 0.562. The number of anilines is 1. The normalized spacial score (nSPS) is 16.0. The van der Waals surface area contributed by atoms with Crippen LogP contribution in [0.15, 0.2) is 18.5 Å². The quantitative estimate of drug-likeness (QED) is 0.846. The van der Waals surface area contributed by atoms with Crippen molar-refractivity contribution in [2.75, 3.05) is 45.8 Å². The number of likely N-dealkylation sites (tertiary alicyclic amines) is 1. The molecule has 0 unspecified atom stereocenters. The van der Waals surface area contributed by atoms with Crippen LogP contribution in [0.4, 0.5) is 5.82 Å². The van der Waals surface area contributed by atoms with Crippen LogP contribution in [0.1, 0.15) is 24.5 Å². The number of piperidine rings is 1. The van der Waals surface area contributed by atoms with Gasteiger partial charge in [-0.05, 0) is 18.9 Å². The minimum absolute atomic E-state index is 0.0652. The van der Waals surface area contributed by atoms with E-state index in [4.69, 9.17) is 9.72 Å². The fourth-order valence-electron chi connectivity index (χ4n) is 3.09. The van der Waals surface area contributed by atoms with Crippen LogP contribution in [0.25, 0.3) is 5.52 Å². The summed E-state index contributed by atoms with van der Waals surface area (Å²) >= 11 is 0. The van der Waals surface area contributed by atoms with Crippen molar-refractivity contribution in [3.63, 3.8) is 0 Å². The molecule has 7 nitrogen and oxygen atoms in total. The van der Waals surface area contributed by atoms with Crippen molar-refractivity contribution in [3.05, 3.63) is 24.2 Å². The van der Waals surface area contributed by atoms with Gasteiger partial charge in [-0.2, -0.15) is 5.10 Å². The van der Waals surface area contributed by atoms with Crippen LogP contribution in [-0.2, 0) is 9.53 Å². The second-order valence-electron chi connectivity index (χ2n) is 6.13. The Bertz CT molecular complexity index is 689. The first-order valence-corrected chi connectivity index (χ1v) is 7.88. The van der Waals surface area contributed by atoms with Gasteiger partial charge in [-0.15, -0.1) is 0 Å². The number of ether oxygens (including phenoxy) is 1. The Hall–Kier alpha value is -2.15. The number of fused-ring (bicyclic) bond motifs is 1. The number of hydrogen-bond acceptors (Lipinski definition) is 5. The molecule has 0 saturated carbocycles. The van der Waals surface area contributed by atoms with Crippen molar-refractivity contribution >= 4 is 17.2 Å². The molecular formula is C16H23N5O2. The predicted molar refractivity (Wildman–Crippen MR) is 87.7 cm³/mol. The number of rotatable bonds is 4. The molecule has 0 aromatic carbocycles. The second-order valence-corrected chi connectivity index (χ2v) is 6.13. The molecule has 1 aliphatic heterocycles. The van der Waals surface area contributed by atoms with Crippen LogP contribution in [0, 0.1) is 0 Å². The Morgan fingerprint density at radius 3 is 2.78 bits per heavy atom. The first-order chi connectivity index (χ1) is 11.1. The van der Waals surface area contributed by atoms with Gasteiger partial charge in [-0.25, -0.2) is 9.50 Å². The third kappa shape index (κ3) is 3.14. The minimum Gasteiger partial charge on any atom is -0.375 e. The highest BCUT2D eigenvalue weighted by atomic mass is 16.5. The van der Waals surface area contributed by atoms with E-state index < -0.39 is 0 Å². The molecule has 1 amide bonds. The highest BCUT2D eigenvalue weighted by Crippen LogP contribution is 2.29. The maximum Gasteiger partial charge on any atom is 0.248 e. The van der Waals surface area contributed by atoms with Gasteiger partial charge in [0.25, 0.3) is 0 Å². The van der Waals surface area contributed by atoms with E-state index >= 15 is 0 Å². The third-order valence-corrected chi connectivity index (χ3v) is 4.35. The van der Waals surface area contributed by atoms with Gasteiger partial charge in [0.15, 0.2) is 5.82 Å². The summed E-state index contributed by atoms with van der Waals surface area (Å²) in [5.41, 5.74) is 2.05. The molecule has 1 saturated heterocycles. The minimum atomic E-state index is 0.0652. The van der Waals surface area contributed by atoms with Gasteiger partial charge in [0.2, 0.25) is 5.91 Å². The number of nitrogens with zero attached hydrogens (tertiary/aromatic N) is 5. The molecular weight excluding hydrogens is 294 g/mol. The molecule has 3 rings (SSSR count). The molecule has 1 aliphatic rings. The van der Waals surface area contributed by atoms with Crippen molar-refractivity contribution in [1.82, 2.24) is 19.5 Å². The van der Waals surface area contributed by atoms with Crippen LogP contribution in [0.5, 0.6) is 0 Å². The Labute approximate surface area is 135 Å². The van der Waals surface area contributed by atoms with E-state index in [1.54, 1.807) is 13.3 Å². The number of methoxy groups -OCH3 is 1. The van der Waals surface area contributed by atoms with E-state index in [9.17, 15) is 4.79 Å². The molecule has 0 aliphatic carbocycles. The zero-order valence-corrected chi connectivity index (χ0v) is 13.9. The number of carbonyl (C=O) groups is 1. The first-order valence-electron chi connectivity index (χ1n) is 7.88. The van der Waals surface area contributed by atoms with Crippen LogP contribution < -0.4 is 4.90 Å². The van der Waals surface area contributed by atoms with E-state index in [2.05, 4.69) is 5.10 Å². The molecule has 0 N–H and O–H groups in total. The maximum absolute atomic E-state index is 11.9. The molecule has 3 heterocycles. The fourth-order valence-corrected chi connectivity index (χ4v) is 3.09. The Morgan fingerprint density at radius 1 is 1.39 bits per heavy atom. The maximum atomic E-state index is 11.9. The van der Waals surface area contributed by atoms with E-state index in [0.717, 1.165) is 43.0 Å². The lowest BCUT2D eigenvalue weighted by Crippen LogP contribution is -2.40. The van der Waals surface area contributed by atoms with E-state index in [1.165, 1.54) is 0 Å². The van der Waals surface area contributed by atoms with Crippen molar-refractivity contribution in [3.8, 4) is 0 Å². The standard InChI is InChI=1S/C16H23N5O2/c1-19(2)16-14-4-7-17-21(14)10-13(18-16)12-5-8-20(9-6-12)15(22)11-23-3/h4,7,10,12H,5-6,8-9,11H2,1-3H3. The highest BCUT2D eigenvalue weighted by Gasteiger charge is 2.25. The topological polar surface area (TPSA) is 63.0 Å². The number of amides is 1. The van der Waals surface area contributed by atoms with Crippen LogP contribution in [0.2, 0.25) is 0 Å². The van der Waals surface area contributed by atoms with Gasteiger partial charge >= 0.3 is 0 Å². The lowest BCUT2D eigenvalue weighted by Gasteiger charge is -2.32. The average Bonchev–Trinajstić information content (AvgIpc) is 3.02.